The SMILES string of the molecule is Cc1ccc(-c2cc(C3CC3)nn2-c2ccc3c(c2)nc(-c2ccccc2O)n3Cc2ccc(=O)[nH]c2)o1. The van der Waals surface area contributed by atoms with Crippen LogP contribution in [0, 0.1) is 6.92 Å². The van der Waals surface area contributed by atoms with Gasteiger partial charge in [0.15, 0.2) is 5.76 Å². The number of para-hydroxylation sites is 1. The summed E-state index contributed by atoms with van der Waals surface area (Å²) in [6.45, 7) is 2.41. The third-order valence-electron chi connectivity index (χ3n) is 7.03. The molecule has 0 aliphatic heterocycles. The molecule has 8 nitrogen and oxygen atoms in total. The van der Waals surface area contributed by atoms with Crippen LogP contribution in [-0.2, 0) is 6.54 Å². The summed E-state index contributed by atoms with van der Waals surface area (Å²) in [5, 5.41) is 15.6. The van der Waals surface area contributed by atoms with Crippen molar-refractivity contribution in [2.24, 2.45) is 0 Å². The van der Waals surface area contributed by atoms with Crippen LogP contribution in [0.5, 0.6) is 5.75 Å². The smallest absolute Gasteiger partial charge is 0.247 e. The maximum absolute atomic E-state index is 11.6. The van der Waals surface area contributed by atoms with Crippen molar-refractivity contribution in [3.8, 4) is 34.3 Å². The molecule has 0 saturated heterocycles. The standard InChI is InChI=1S/C30H25N5O3/c1-18-6-12-28(38-18)26-15-23(20-8-9-20)33-35(26)21-10-11-25-24(14-21)32-30(22-4-2-3-5-27(22)36)34(25)17-19-7-13-29(37)31-16-19/h2-7,10-16,20,36H,8-9,17H2,1H3,(H,31,37). The predicted octanol–water partition coefficient (Wildman–Crippen LogP) is 5.78. The van der Waals surface area contributed by atoms with E-state index in [0.717, 1.165) is 58.0 Å². The molecule has 6 aromatic rings. The molecule has 0 bridgehead atoms. The Bertz CT molecular complexity index is 1850. The quantitative estimate of drug-likeness (QED) is 0.300. The van der Waals surface area contributed by atoms with Crippen molar-refractivity contribution in [3.05, 3.63) is 106 Å². The van der Waals surface area contributed by atoms with Crippen LogP contribution in [0.4, 0.5) is 0 Å². The number of hydrogen-bond donors (Lipinski definition) is 2. The number of H-pyrrole nitrogens is 1. The van der Waals surface area contributed by atoms with Crippen molar-refractivity contribution >= 4 is 11.0 Å². The number of phenols is 1. The summed E-state index contributed by atoms with van der Waals surface area (Å²) < 4.78 is 9.96. The van der Waals surface area contributed by atoms with Gasteiger partial charge in [0.25, 0.3) is 0 Å². The summed E-state index contributed by atoms with van der Waals surface area (Å²) in [4.78, 5) is 19.3. The number of pyridine rings is 1. The number of nitrogens with zero attached hydrogens (tertiary/aromatic N) is 4. The van der Waals surface area contributed by atoms with E-state index in [1.54, 1.807) is 24.4 Å². The lowest BCUT2D eigenvalue weighted by molar-refractivity contribution is 0.476. The number of hydrogen-bond acceptors (Lipinski definition) is 5. The third-order valence-corrected chi connectivity index (χ3v) is 7.03. The largest absolute Gasteiger partial charge is 0.507 e. The van der Waals surface area contributed by atoms with E-state index in [4.69, 9.17) is 14.5 Å². The number of fused-ring (bicyclic) bond motifs is 1. The molecule has 38 heavy (non-hydrogen) atoms. The van der Waals surface area contributed by atoms with Gasteiger partial charge in [-0.3, -0.25) is 4.79 Å². The zero-order valence-corrected chi connectivity index (χ0v) is 20.8. The lowest BCUT2D eigenvalue weighted by Crippen LogP contribution is -2.07. The van der Waals surface area contributed by atoms with Gasteiger partial charge in [-0.05, 0) is 73.9 Å². The average molecular weight is 504 g/mol. The van der Waals surface area contributed by atoms with Crippen LogP contribution in [0.1, 0.15) is 35.8 Å². The van der Waals surface area contributed by atoms with Gasteiger partial charge < -0.3 is 19.1 Å². The van der Waals surface area contributed by atoms with Crippen LogP contribution >= 0.6 is 0 Å². The normalized spacial score (nSPS) is 13.4. The molecule has 0 spiro atoms. The van der Waals surface area contributed by atoms with Crippen molar-refractivity contribution < 1.29 is 9.52 Å². The Hall–Kier alpha value is -4.85. The van der Waals surface area contributed by atoms with Crippen LogP contribution in [0.25, 0.3) is 39.6 Å². The lowest BCUT2D eigenvalue weighted by atomic mass is 10.2. The van der Waals surface area contributed by atoms with Gasteiger partial charge in [0.1, 0.15) is 23.0 Å². The van der Waals surface area contributed by atoms with E-state index in [2.05, 4.69) is 15.6 Å². The molecule has 1 fully saturated rings. The summed E-state index contributed by atoms with van der Waals surface area (Å²) in [6, 6.07) is 22.6. The highest BCUT2D eigenvalue weighted by atomic mass is 16.3. The van der Waals surface area contributed by atoms with Crippen molar-refractivity contribution in [1.29, 1.82) is 0 Å². The van der Waals surface area contributed by atoms with E-state index in [1.165, 1.54) is 6.07 Å². The highest BCUT2D eigenvalue weighted by molar-refractivity contribution is 5.84. The second kappa shape index (κ2) is 8.62. The maximum atomic E-state index is 11.6. The first-order valence-corrected chi connectivity index (χ1v) is 12.7. The van der Waals surface area contributed by atoms with E-state index >= 15 is 0 Å². The summed E-state index contributed by atoms with van der Waals surface area (Å²) >= 11 is 0. The second-order valence-corrected chi connectivity index (χ2v) is 9.82. The van der Waals surface area contributed by atoms with Crippen LogP contribution in [0.15, 0.2) is 88.2 Å². The summed E-state index contributed by atoms with van der Waals surface area (Å²) in [6.07, 6.45) is 4.02. The highest BCUT2D eigenvalue weighted by Crippen LogP contribution is 2.41. The zero-order valence-electron chi connectivity index (χ0n) is 20.8. The van der Waals surface area contributed by atoms with Gasteiger partial charge in [-0.2, -0.15) is 5.10 Å². The van der Waals surface area contributed by atoms with Crippen LogP contribution in [-0.4, -0.2) is 29.4 Å². The maximum Gasteiger partial charge on any atom is 0.247 e. The fourth-order valence-electron chi connectivity index (χ4n) is 4.92. The number of furan rings is 1. The molecular weight excluding hydrogens is 478 g/mol. The van der Waals surface area contributed by atoms with E-state index in [1.807, 2.05) is 54.1 Å². The number of aromatic amines is 1. The van der Waals surface area contributed by atoms with Gasteiger partial charge >= 0.3 is 0 Å². The van der Waals surface area contributed by atoms with Crippen molar-refractivity contribution in [1.82, 2.24) is 24.3 Å². The monoisotopic (exact) mass is 503 g/mol. The molecule has 0 radical (unpaired) electrons. The average Bonchev–Trinajstić information content (AvgIpc) is 3.37. The topological polar surface area (TPSA) is 102 Å². The number of aryl methyl sites for hydroxylation is 1. The zero-order chi connectivity index (χ0) is 25.8. The number of aromatic nitrogens is 5. The number of nitrogens with one attached hydrogen (secondary N) is 1. The molecule has 0 atom stereocenters. The predicted molar refractivity (Wildman–Crippen MR) is 145 cm³/mol. The minimum Gasteiger partial charge on any atom is -0.507 e. The number of benzene rings is 2. The molecule has 7 rings (SSSR count). The third kappa shape index (κ3) is 3.91. The summed E-state index contributed by atoms with van der Waals surface area (Å²) in [5.74, 6) is 2.92. The Labute approximate surface area is 217 Å². The molecule has 1 aliphatic rings. The first-order valence-electron chi connectivity index (χ1n) is 12.7. The fraction of sp³-hybridized carbons (Fsp3) is 0.167. The molecule has 1 aliphatic carbocycles. The van der Waals surface area contributed by atoms with Gasteiger partial charge in [0.05, 0.1) is 34.5 Å². The minimum atomic E-state index is -0.151. The minimum absolute atomic E-state index is 0.151. The van der Waals surface area contributed by atoms with Gasteiger partial charge in [0, 0.05) is 18.2 Å². The first kappa shape index (κ1) is 22.4. The number of phenolic OH excluding ortho intramolecular Hbond substituents is 1. The fourth-order valence-corrected chi connectivity index (χ4v) is 4.92. The van der Waals surface area contributed by atoms with E-state index < -0.39 is 0 Å². The molecule has 4 heterocycles. The Kier molecular flexibility index (Phi) is 5.07. The molecule has 0 unspecified atom stereocenters. The molecule has 1 saturated carbocycles. The van der Waals surface area contributed by atoms with Crippen LogP contribution in [0.3, 0.4) is 0 Å². The van der Waals surface area contributed by atoms with Crippen molar-refractivity contribution in [3.63, 3.8) is 0 Å². The van der Waals surface area contributed by atoms with Crippen molar-refractivity contribution in [2.45, 2.75) is 32.2 Å². The molecule has 4 aromatic heterocycles. The molecule has 8 heteroatoms. The molecule has 2 aromatic carbocycles. The number of aromatic hydroxyl groups is 1. The van der Waals surface area contributed by atoms with Crippen LogP contribution < -0.4 is 5.56 Å². The Morgan fingerprint density at radius 1 is 1.05 bits per heavy atom. The molecule has 188 valence electrons. The lowest BCUT2D eigenvalue weighted by Gasteiger charge is -2.11. The van der Waals surface area contributed by atoms with Crippen molar-refractivity contribution in [2.75, 3.05) is 0 Å². The molecule has 2 N–H and O–H groups in total. The van der Waals surface area contributed by atoms with Gasteiger partial charge in [-0.25, -0.2) is 9.67 Å². The van der Waals surface area contributed by atoms with E-state index in [9.17, 15) is 9.90 Å². The second-order valence-electron chi connectivity index (χ2n) is 9.82. The van der Waals surface area contributed by atoms with Gasteiger partial charge in [0.2, 0.25) is 5.56 Å². The van der Waals surface area contributed by atoms with E-state index in [-0.39, 0.29) is 11.3 Å². The van der Waals surface area contributed by atoms with E-state index in [0.29, 0.717) is 23.9 Å². The number of rotatable bonds is 6. The Morgan fingerprint density at radius 2 is 1.92 bits per heavy atom. The summed E-state index contributed by atoms with van der Waals surface area (Å²) in [5.41, 5.74) is 5.95. The molecular formula is C30H25N5O3. The van der Waals surface area contributed by atoms with Gasteiger partial charge in [-0.15, -0.1) is 0 Å². The number of imidazole rings is 1. The Morgan fingerprint density at radius 3 is 2.66 bits per heavy atom. The summed E-state index contributed by atoms with van der Waals surface area (Å²) in [7, 11) is 0. The first-order chi connectivity index (χ1) is 18.5. The Balaban J connectivity index is 1.39. The van der Waals surface area contributed by atoms with Crippen LogP contribution in [0.2, 0.25) is 0 Å². The highest BCUT2D eigenvalue weighted by Gasteiger charge is 2.28. The molecule has 0 amide bonds. The van der Waals surface area contributed by atoms with Gasteiger partial charge in [-0.1, -0.05) is 18.2 Å².